The molecule has 0 aliphatic carbocycles. The SMILES string of the molecule is Cc1cnc(N2CC[C@H](N)C2)n1C. The standard InChI is InChI=1S/C9H16N4/c1-7-5-11-9(12(7)2)13-4-3-8(10)6-13/h5,8H,3-4,6,10H2,1-2H3/t8-/m0/s1. The highest BCUT2D eigenvalue weighted by Gasteiger charge is 2.22. The van der Waals surface area contributed by atoms with Crippen LogP contribution in [0.5, 0.6) is 0 Å². The Morgan fingerprint density at radius 3 is 2.85 bits per heavy atom. The monoisotopic (exact) mass is 180 g/mol. The molecular weight excluding hydrogens is 164 g/mol. The predicted molar refractivity (Wildman–Crippen MR) is 52.8 cm³/mol. The Balaban J connectivity index is 2.21. The molecule has 0 amide bonds. The van der Waals surface area contributed by atoms with Crippen molar-refractivity contribution in [2.45, 2.75) is 19.4 Å². The molecule has 1 saturated heterocycles. The minimum absolute atomic E-state index is 0.317. The molecule has 0 spiro atoms. The zero-order chi connectivity index (χ0) is 9.42. The third kappa shape index (κ3) is 1.42. The van der Waals surface area contributed by atoms with Gasteiger partial charge in [0.2, 0.25) is 5.95 Å². The normalized spacial score (nSPS) is 22.7. The molecule has 1 fully saturated rings. The van der Waals surface area contributed by atoms with Gasteiger partial charge in [0, 0.05) is 31.9 Å². The third-order valence-electron chi connectivity index (χ3n) is 2.70. The lowest BCUT2D eigenvalue weighted by Crippen LogP contribution is -2.28. The fourth-order valence-electron chi connectivity index (χ4n) is 1.74. The minimum Gasteiger partial charge on any atom is -0.341 e. The van der Waals surface area contributed by atoms with Gasteiger partial charge >= 0.3 is 0 Å². The van der Waals surface area contributed by atoms with E-state index < -0.39 is 0 Å². The van der Waals surface area contributed by atoms with Gasteiger partial charge in [0.15, 0.2) is 0 Å². The second kappa shape index (κ2) is 3.03. The topological polar surface area (TPSA) is 47.1 Å². The highest BCUT2D eigenvalue weighted by atomic mass is 15.3. The highest BCUT2D eigenvalue weighted by molar-refractivity contribution is 5.35. The quantitative estimate of drug-likeness (QED) is 0.674. The smallest absolute Gasteiger partial charge is 0.205 e. The first-order valence-electron chi connectivity index (χ1n) is 4.67. The number of hydrogen-bond acceptors (Lipinski definition) is 3. The molecule has 13 heavy (non-hydrogen) atoms. The molecule has 0 radical (unpaired) electrons. The van der Waals surface area contributed by atoms with Gasteiger partial charge in [0.05, 0.1) is 6.20 Å². The highest BCUT2D eigenvalue weighted by Crippen LogP contribution is 2.18. The molecule has 2 heterocycles. The summed E-state index contributed by atoms with van der Waals surface area (Å²) >= 11 is 0. The van der Waals surface area contributed by atoms with E-state index in [1.165, 1.54) is 5.69 Å². The van der Waals surface area contributed by atoms with Gasteiger partial charge in [-0.05, 0) is 13.3 Å². The van der Waals surface area contributed by atoms with Crippen LogP contribution in [-0.2, 0) is 7.05 Å². The van der Waals surface area contributed by atoms with Crippen molar-refractivity contribution < 1.29 is 0 Å². The van der Waals surface area contributed by atoms with E-state index in [4.69, 9.17) is 5.73 Å². The molecule has 0 bridgehead atoms. The largest absolute Gasteiger partial charge is 0.341 e. The Kier molecular flexibility index (Phi) is 2.00. The Morgan fingerprint density at radius 1 is 1.62 bits per heavy atom. The fourth-order valence-corrected chi connectivity index (χ4v) is 1.74. The van der Waals surface area contributed by atoms with Crippen molar-refractivity contribution in [3.63, 3.8) is 0 Å². The van der Waals surface area contributed by atoms with Crippen LogP contribution in [0.25, 0.3) is 0 Å². The van der Waals surface area contributed by atoms with Crippen LogP contribution in [-0.4, -0.2) is 28.7 Å². The van der Waals surface area contributed by atoms with Crippen LogP contribution in [0.4, 0.5) is 5.95 Å². The van der Waals surface area contributed by atoms with Crippen LogP contribution in [0, 0.1) is 6.92 Å². The van der Waals surface area contributed by atoms with E-state index in [1.807, 2.05) is 13.2 Å². The van der Waals surface area contributed by atoms with Gasteiger partial charge in [-0.25, -0.2) is 4.98 Å². The first-order valence-corrected chi connectivity index (χ1v) is 4.67. The Morgan fingerprint density at radius 2 is 2.38 bits per heavy atom. The van der Waals surface area contributed by atoms with Crippen molar-refractivity contribution in [3.8, 4) is 0 Å². The van der Waals surface area contributed by atoms with E-state index >= 15 is 0 Å². The molecule has 0 saturated carbocycles. The Bertz CT molecular complexity index is 305. The van der Waals surface area contributed by atoms with Crippen LogP contribution in [0.15, 0.2) is 6.20 Å². The molecule has 2 N–H and O–H groups in total. The van der Waals surface area contributed by atoms with E-state index in [1.54, 1.807) is 0 Å². The van der Waals surface area contributed by atoms with Crippen molar-refractivity contribution in [2.24, 2.45) is 12.8 Å². The lowest BCUT2D eigenvalue weighted by molar-refractivity contribution is 0.745. The molecule has 72 valence electrons. The van der Waals surface area contributed by atoms with Crippen LogP contribution < -0.4 is 10.6 Å². The molecular formula is C9H16N4. The average molecular weight is 180 g/mol. The maximum absolute atomic E-state index is 5.84. The van der Waals surface area contributed by atoms with Crippen molar-refractivity contribution in [1.82, 2.24) is 9.55 Å². The van der Waals surface area contributed by atoms with Crippen molar-refractivity contribution in [2.75, 3.05) is 18.0 Å². The lowest BCUT2D eigenvalue weighted by atomic mass is 10.3. The number of hydrogen-bond donors (Lipinski definition) is 1. The van der Waals surface area contributed by atoms with E-state index in [2.05, 4.69) is 21.4 Å². The van der Waals surface area contributed by atoms with Crippen LogP contribution in [0.2, 0.25) is 0 Å². The molecule has 1 aromatic heterocycles. The number of aromatic nitrogens is 2. The van der Waals surface area contributed by atoms with Gasteiger partial charge in [-0.3, -0.25) is 0 Å². The summed E-state index contributed by atoms with van der Waals surface area (Å²) in [4.78, 5) is 6.61. The van der Waals surface area contributed by atoms with Gasteiger partial charge < -0.3 is 15.2 Å². The number of anilines is 1. The first kappa shape index (κ1) is 8.56. The van der Waals surface area contributed by atoms with Crippen LogP contribution in [0.3, 0.4) is 0 Å². The summed E-state index contributed by atoms with van der Waals surface area (Å²) < 4.78 is 2.11. The summed E-state index contributed by atoms with van der Waals surface area (Å²) in [6.07, 6.45) is 2.98. The summed E-state index contributed by atoms with van der Waals surface area (Å²) in [5, 5.41) is 0. The minimum atomic E-state index is 0.317. The summed E-state index contributed by atoms with van der Waals surface area (Å²) in [5.41, 5.74) is 7.03. The maximum atomic E-state index is 5.84. The number of nitrogens with zero attached hydrogens (tertiary/aromatic N) is 3. The van der Waals surface area contributed by atoms with E-state index in [0.29, 0.717) is 6.04 Å². The van der Waals surface area contributed by atoms with Crippen molar-refractivity contribution >= 4 is 5.95 Å². The second-order valence-corrected chi connectivity index (χ2v) is 3.75. The van der Waals surface area contributed by atoms with Gasteiger partial charge in [-0.1, -0.05) is 0 Å². The molecule has 0 aromatic carbocycles. The van der Waals surface area contributed by atoms with Gasteiger partial charge in [-0.2, -0.15) is 0 Å². The molecule has 4 heteroatoms. The molecule has 1 atom stereocenters. The summed E-state index contributed by atoms with van der Waals surface area (Å²) in [6.45, 7) is 4.03. The average Bonchev–Trinajstić information content (AvgIpc) is 2.62. The van der Waals surface area contributed by atoms with E-state index in [-0.39, 0.29) is 0 Å². The summed E-state index contributed by atoms with van der Waals surface area (Å²) in [5.74, 6) is 1.05. The van der Waals surface area contributed by atoms with Gasteiger partial charge in [0.25, 0.3) is 0 Å². The molecule has 0 unspecified atom stereocenters. The van der Waals surface area contributed by atoms with Gasteiger partial charge in [-0.15, -0.1) is 0 Å². The first-order chi connectivity index (χ1) is 6.18. The number of nitrogens with two attached hydrogens (primary N) is 1. The molecule has 1 aromatic rings. The number of aryl methyl sites for hydroxylation is 1. The van der Waals surface area contributed by atoms with Crippen LogP contribution in [0.1, 0.15) is 12.1 Å². The fraction of sp³-hybridized carbons (Fsp3) is 0.667. The number of rotatable bonds is 1. The second-order valence-electron chi connectivity index (χ2n) is 3.75. The molecule has 2 rings (SSSR count). The van der Waals surface area contributed by atoms with Crippen molar-refractivity contribution in [1.29, 1.82) is 0 Å². The molecule has 4 nitrogen and oxygen atoms in total. The van der Waals surface area contributed by atoms with E-state index in [9.17, 15) is 0 Å². The van der Waals surface area contributed by atoms with Crippen LogP contribution >= 0.6 is 0 Å². The third-order valence-corrected chi connectivity index (χ3v) is 2.70. The zero-order valence-corrected chi connectivity index (χ0v) is 8.20. The maximum Gasteiger partial charge on any atom is 0.205 e. The lowest BCUT2D eigenvalue weighted by Gasteiger charge is -2.16. The molecule has 1 aliphatic heterocycles. The number of imidazole rings is 1. The van der Waals surface area contributed by atoms with E-state index in [0.717, 1.165) is 25.5 Å². The molecule has 1 aliphatic rings. The van der Waals surface area contributed by atoms with Gasteiger partial charge in [0.1, 0.15) is 0 Å². The Labute approximate surface area is 78.4 Å². The zero-order valence-electron chi connectivity index (χ0n) is 8.20. The predicted octanol–water partition coefficient (Wildman–Crippen LogP) is 0.266. The summed E-state index contributed by atoms with van der Waals surface area (Å²) in [7, 11) is 2.04. The van der Waals surface area contributed by atoms with Crippen molar-refractivity contribution in [3.05, 3.63) is 11.9 Å². The summed E-state index contributed by atoms with van der Waals surface area (Å²) in [6, 6.07) is 0.317. The Hall–Kier alpha value is -1.03.